The molecule has 1 aliphatic rings. The second kappa shape index (κ2) is 5.76. The van der Waals surface area contributed by atoms with Gasteiger partial charge in [-0.1, -0.05) is 0 Å². The van der Waals surface area contributed by atoms with Crippen molar-refractivity contribution < 1.29 is 26.7 Å². The molecule has 3 nitrogen and oxygen atoms in total. The molecule has 3 N–H and O–H groups in total. The van der Waals surface area contributed by atoms with Crippen molar-refractivity contribution in [1.29, 1.82) is 0 Å². The van der Waals surface area contributed by atoms with Crippen LogP contribution in [-0.2, 0) is 4.74 Å². The second-order valence-electron chi connectivity index (χ2n) is 4.18. The SMILES string of the molecule is NNC(C1=CCCCO1)c1c(F)c(F)c(F)c(F)c1F. The maximum absolute atomic E-state index is 13.7. The average molecular weight is 294 g/mol. The number of hydrogen-bond acceptors (Lipinski definition) is 3. The Hall–Kier alpha value is -1.67. The number of benzene rings is 1. The third-order valence-electron chi connectivity index (χ3n) is 2.95. The molecule has 1 unspecified atom stereocenters. The quantitative estimate of drug-likeness (QED) is 0.296. The molecule has 0 saturated heterocycles. The van der Waals surface area contributed by atoms with Gasteiger partial charge >= 0.3 is 0 Å². The molecule has 1 atom stereocenters. The van der Waals surface area contributed by atoms with Crippen LogP contribution in [0.3, 0.4) is 0 Å². The highest BCUT2D eigenvalue weighted by molar-refractivity contribution is 5.31. The lowest BCUT2D eigenvalue weighted by Crippen LogP contribution is -2.33. The van der Waals surface area contributed by atoms with Crippen LogP contribution in [0.25, 0.3) is 0 Å². The molecule has 20 heavy (non-hydrogen) atoms. The number of halogens is 5. The molecule has 0 spiro atoms. The standard InChI is InChI=1S/C12H11F5N2O/c13-7-6(8(14)10(16)11(17)9(7)15)12(19-18)5-3-1-2-4-20-5/h3,12,19H,1-2,4,18H2. The second-order valence-corrected chi connectivity index (χ2v) is 4.18. The van der Waals surface area contributed by atoms with E-state index in [9.17, 15) is 22.0 Å². The number of ether oxygens (including phenoxy) is 1. The van der Waals surface area contributed by atoms with Crippen molar-refractivity contribution in [1.82, 2.24) is 5.43 Å². The Morgan fingerprint density at radius 2 is 1.55 bits per heavy atom. The van der Waals surface area contributed by atoms with Crippen LogP contribution >= 0.6 is 0 Å². The van der Waals surface area contributed by atoms with Crippen LogP contribution in [0.1, 0.15) is 24.4 Å². The lowest BCUT2D eigenvalue weighted by atomic mass is 10.0. The molecular formula is C12H11F5N2O. The van der Waals surface area contributed by atoms with Crippen LogP contribution in [0, 0.1) is 29.1 Å². The van der Waals surface area contributed by atoms with Gasteiger partial charge in [0.2, 0.25) is 5.82 Å². The van der Waals surface area contributed by atoms with E-state index in [1.807, 2.05) is 5.43 Å². The van der Waals surface area contributed by atoms with Crippen molar-refractivity contribution in [2.45, 2.75) is 18.9 Å². The van der Waals surface area contributed by atoms with Crippen LogP contribution < -0.4 is 11.3 Å². The molecule has 0 radical (unpaired) electrons. The molecule has 110 valence electrons. The Bertz CT molecular complexity index is 532. The largest absolute Gasteiger partial charge is 0.496 e. The van der Waals surface area contributed by atoms with Gasteiger partial charge in [0.05, 0.1) is 12.2 Å². The van der Waals surface area contributed by atoms with Gasteiger partial charge in [0.1, 0.15) is 11.8 Å². The fourth-order valence-corrected chi connectivity index (χ4v) is 1.96. The summed E-state index contributed by atoms with van der Waals surface area (Å²) in [6, 6.07) is -1.44. The highest BCUT2D eigenvalue weighted by Gasteiger charge is 2.32. The summed E-state index contributed by atoms with van der Waals surface area (Å²) in [5.74, 6) is -4.91. The minimum atomic E-state index is -2.21. The van der Waals surface area contributed by atoms with Gasteiger partial charge in [-0.15, -0.1) is 0 Å². The monoisotopic (exact) mass is 294 g/mol. The fraction of sp³-hybridized carbons (Fsp3) is 0.333. The molecule has 0 saturated carbocycles. The molecule has 2 rings (SSSR count). The van der Waals surface area contributed by atoms with E-state index >= 15 is 0 Å². The van der Waals surface area contributed by atoms with E-state index in [2.05, 4.69) is 0 Å². The molecule has 1 aromatic carbocycles. The predicted octanol–water partition coefficient (Wildman–Crippen LogP) is 2.58. The maximum atomic E-state index is 13.7. The van der Waals surface area contributed by atoms with Gasteiger partial charge in [-0.25, -0.2) is 27.4 Å². The van der Waals surface area contributed by atoms with Gasteiger partial charge in [-0.3, -0.25) is 5.84 Å². The van der Waals surface area contributed by atoms with Crippen molar-refractivity contribution in [2.75, 3.05) is 6.61 Å². The minimum Gasteiger partial charge on any atom is -0.496 e. The Labute approximate surface area is 111 Å². The lowest BCUT2D eigenvalue weighted by Gasteiger charge is -2.24. The molecule has 1 aliphatic heterocycles. The average Bonchev–Trinajstić information content (AvgIpc) is 2.48. The smallest absolute Gasteiger partial charge is 0.200 e. The van der Waals surface area contributed by atoms with Crippen LogP contribution in [0.2, 0.25) is 0 Å². The van der Waals surface area contributed by atoms with Crippen LogP contribution in [-0.4, -0.2) is 6.61 Å². The summed E-state index contributed by atoms with van der Waals surface area (Å²) in [5, 5.41) is 0. The van der Waals surface area contributed by atoms with Gasteiger partial charge in [0.15, 0.2) is 23.3 Å². The highest BCUT2D eigenvalue weighted by Crippen LogP contribution is 2.32. The van der Waals surface area contributed by atoms with Crippen molar-refractivity contribution in [3.05, 3.63) is 46.5 Å². The Morgan fingerprint density at radius 1 is 1.00 bits per heavy atom. The molecule has 0 fully saturated rings. The van der Waals surface area contributed by atoms with E-state index in [1.165, 1.54) is 6.08 Å². The Balaban J connectivity index is 2.58. The van der Waals surface area contributed by atoms with Gasteiger partial charge in [-0.2, -0.15) is 0 Å². The molecule has 0 amide bonds. The molecule has 0 aliphatic carbocycles. The molecule has 8 heteroatoms. The molecule has 1 heterocycles. The summed E-state index contributed by atoms with van der Waals surface area (Å²) >= 11 is 0. The van der Waals surface area contributed by atoms with Crippen molar-refractivity contribution in [3.63, 3.8) is 0 Å². The molecule has 0 aromatic heterocycles. The fourth-order valence-electron chi connectivity index (χ4n) is 1.96. The summed E-state index contributed by atoms with van der Waals surface area (Å²) in [5.41, 5.74) is 0.956. The highest BCUT2D eigenvalue weighted by atomic mass is 19.2. The molecule has 0 bridgehead atoms. The predicted molar refractivity (Wildman–Crippen MR) is 59.6 cm³/mol. The molecule has 1 aromatic rings. The first-order valence-electron chi connectivity index (χ1n) is 5.79. The normalized spacial score (nSPS) is 16.6. The third kappa shape index (κ3) is 2.36. The zero-order valence-corrected chi connectivity index (χ0v) is 10.2. The van der Waals surface area contributed by atoms with Crippen LogP contribution in [0.5, 0.6) is 0 Å². The Morgan fingerprint density at radius 3 is 2.00 bits per heavy atom. The first-order valence-corrected chi connectivity index (χ1v) is 5.79. The number of nitrogens with one attached hydrogen (secondary N) is 1. The number of hydrazine groups is 1. The van der Waals surface area contributed by atoms with Crippen molar-refractivity contribution >= 4 is 0 Å². The van der Waals surface area contributed by atoms with E-state index in [4.69, 9.17) is 10.6 Å². The van der Waals surface area contributed by atoms with Crippen LogP contribution in [0.4, 0.5) is 22.0 Å². The van der Waals surface area contributed by atoms with Crippen molar-refractivity contribution in [3.8, 4) is 0 Å². The lowest BCUT2D eigenvalue weighted by molar-refractivity contribution is 0.165. The zero-order chi connectivity index (χ0) is 14.9. The third-order valence-corrected chi connectivity index (χ3v) is 2.95. The summed E-state index contributed by atoms with van der Waals surface area (Å²) in [4.78, 5) is 0. The molecular weight excluding hydrogens is 283 g/mol. The number of rotatable bonds is 3. The van der Waals surface area contributed by atoms with E-state index < -0.39 is 40.7 Å². The first kappa shape index (κ1) is 14.7. The summed E-state index contributed by atoms with van der Waals surface area (Å²) < 4.78 is 71.9. The van der Waals surface area contributed by atoms with E-state index in [1.54, 1.807) is 0 Å². The topological polar surface area (TPSA) is 47.3 Å². The van der Waals surface area contributed by atoms with Gasteiger partial charge < -0.3 is 4.74 Å². The van der Waals surface area contributed by atoms with Crippen LogP contribution in [0.15, 0.2) is 11.8 Å². The van der Waals surface area contributed by atoms with Gasteiger partial charge in [-0.05, 0) is 18.9 Å². The number of nitrogens with two attached hydrogens (primary N) is 1. The summed E-state index contributed by atoms with van der Waals surface area (Å²) in [6.45, 7) is 0.277. The van der Waals surface area contributed by atoms with E-state index in [0.29, 0.717) is 12.8 Å². The first-order chi connectivity index (χ1) is 9.49. The summed E-state index contributed by atoms with van der Waals surface area (Å²) in [7, 11) is 0. The Kier molecular flexibility index (Phi) is 4.24. The zero-order valence-electron chi connectivity index (χ0n) is 10.2. The van der Waals surface area contributed by atoms with Crippen molar-refractivity contribution in [2.24, 2.45) is 5.84 Å². The van der Waals surface area contributed by atoms with E-state index in [-0.39, 0.29) is 12.4 Å². The van der Waals surface area contributed by atoms with Gasteiger partial charge in [0, 0.05) is 0 Å². The minimum absolute atomic E-state index is 0.0296. The maximum Gasteiger partial charge on any atom is 0.200 e. The van der Waals surface area contributed by atoms with E-state index in [0.717, 1.165) is 0 Å². The summed E-state index contributed by atoms with van der Waals surface area (Å²) in [6.07, 6.45) is 2.74. The number of allylic oxidation sites excluding steroid dienone is 1. The number of hydrogen-bond donors (Lipinski definition) is 2. The van der Waals surface area contributed by atoms with Gasteiger partial charge in [0.25, 0.3) is 0 Å².